The first kappa shape index (κ1) is 16.0. The molecule has 3 aromatic rings. The Hall–Kier alpha value is -2.54. The minimum absolute atomic E-state index is 0.218. The molecule has 0 unspecified atom stereocenters. The van der Waals surface area contributed by atoms with E-state index in [9.17, 15) is 4.39 Å². The second-order valence-corrected chi connectivity index (χ2v) is 6.49. The highest BCUT2D eigenvalue weighted by Gasteiger charge is 2.26. The number of likely N-dealkylation sites (tertiary alicyclic amines) is 1. The maximum absolute atomic E-state index is 13.0. The quantitative estimate of drug-likeness (QED) is 0.730. The van der Waals surface area contributed by atoms with E-state index in [1.807, 2.05) is 24.0 Å². The minimum Gasteiger partial charge on any atom is -0.339 e. The van der Waals surface area contributed by atoms with Gasteiger partial charge >= 0.3 is 0 Å². The zero-order valence-corrected chi connectivity index (χ0v) is 14.1. The van der Waals surface area contributed by atoms with Gasteiger partial charge in [0, 0.05) is 31.5 Å². The van der Waals surface area contributed by atoms with E-state index < -0.39 is 0 Å². The van der Waals surface area contributed by atoms with Gasteiger partial charge < -0.3 is 9.09 Å². The molecule has 4 rings (SSSR count). The van der Waals surface area contributed by atoms with Crippen LogP contribution in [-0.4, -0.2) is 37.7 Å². The van der Waals surface area contributed by atoms with Crippen molar-refractivity contribution < 1.29 is 8.91 Å². The van der Waals surface area contributed by atoms with Gasteiger partial charge in [0.1, 0.15) is 11.6 Å². The number of hydrogen-bond donors (Lipinski definition) is 0. The Morgan fingerprint density at radius 2 is 2.12 bits per heavy atom. The van der Waals surface area contributed by atoms with Crippen molar-refractivity contribution >= 4 is 0 Å². The number of piperidine rings is 1. The van der Waals surface area contributed by atoms with Crippen molar-refractivity contribution in [1.82, 2.24) is 24.6 Å². The van der Waals surface area contributed by atoms with E-state index in [0.29, 0.717) is 11.7 Å². The second-order valence-electron chi connectivity index (χ2n) is 6.49. The highest BCUT2D eigenvalue weighted by molar-refractivity contribution is 5.53. The highest BCUT2D eigenvalue weighted by atomic mass is 19.1. The number of halogens is 1. The van der Waals surface area contributed by atoms with Crippen LogP contribution in [0.4, 0.5) is 4.39 Å². The lowest BCUT2D eigenvalue weighted by molar-refractivity contribution is 0.175. The van der Waals surface area contributed by atoms with Crippen molar-refractivity contribution in [3.63, 3.8) is 0 Å². The monoisotopic (exact) mass is 341 g/mol. The van der Waals surface area contributed by atoms with Gasteiger partial charge in [0.15, 0.2) is 0 Å². The van der Waals surface area contributed by atoms with Crippen LogP contribution < -0.4 is 0 Å². The van der Waals surface area contributed by atoms with Gasteiger partial charge in [-0.2, -0.15) is 4.98 Å². The number of benzene rings is 1. The molecule has 1 aliphatic heterocycles. The van der Waals surface area contributed by atoms with Crippen molar-refractivity contribution in [2.45, 2.75) is 25.3 Å². The first-order valence-electron chi connectivity index (χ1n) is 8.47. The predicted molar refractivity (Wildman–Crippen MR) is 90.2 cm³/mol. The van der Waals surface area contributed by atoms with Crippen molar-refractivity contribution in [1.29, 1.82) is 0 Å². The molecule has 7 heteroatoms. The van der Waals surface area contributed by atoms with E-state index in [-0.39, 0.29) is 11.7 Å². The molecular formula is C18H20FN5O. The normalized spacial score (nSPS) is 18.6. The molecule has 6 nitrogen and oxygen atoms in total. The van der Waals surface area contributed by atoms with Gasteiger partial charge in [-0.15, -0.1) is 0 Å². The molecule has 0 spiro atoms. The number of imidazole rings is 1. The number of nitrogens with zero attached hydrogens (tertiary/aromatic N) is 5. The van der Waals surface area contributed by atoms with Gasteiger partial charge in [-0.05, 0) is 43.7 Å². The van der Waals surface area contributed by atoms with Gasteiger partial charge in [0.2, 0.25) is 11.7 Å². The average Bonchev–Trinajstić information content (AvgIpc) is 3.26. The third kappa shape index (κ3) is 3.46. The van der Waals surface area contributed by atoms with E-state index in [4.69, 9.17) is 4.52 Å². The van der Waals surface area contributed by atoms with Crippen molar-refractivity contribution in [2.75, 3.05) is 13.1 Å². The molecule has 3 heterocycles. The summed E-state index contributed by atoms with van der Waals surface area (Å²) < 4.78 is 20.6. The van der Waals surface area contributed by atoms with Crippen LogP contribution in [0.5, 0.6) is 0 Å². The van der Waals surface area contributed by atoms with Gasteiger partial charge in [0.05, 0.1) is 12.5 Å². The molecule has 1 atom stereocenters. The molecule has 0 bridgehead atoms. The van der Waals surface area contributed by atoms with Crippen LogP contribution in [0.1, 0.15) is 30.5 Å². The molecule has 1 fully saturated rings. The Balaban J connectivity index is 1.46. The Labute approximate surface area is 145 Å². The van der Waals surface area contributed by atoms with Crippen LogP contribution in [-0.2, 0) is 13.6 Å². The lowest BCUT2D eigenvalue weighted by Gasteiger charge is -2.30. The third-order valence-corrected chi connectivity index (χ3v) is 4.68. The molecular weight excluding hydrogens is 321 g/mol. The molecule has 1 saturated heterocycles. The Morgan fingerprint density at radius 3 is 2.88 bits per heavy atom. The molecule has 0 saturated carbocycles. The molecule has 0 N–H and O–H groups in total. The highest BCUT2D eigenvalue weighted by Crippen LogP contribution is 2.28. The molecule has 2 aromatic heterocycles. The summed E-state index contributed by atoms with van der Waals surface area (Å²) in [5, 5.41) is 4.06. The fraction of sp³-hybridized carbons (Fsp3) is 0.389. The Kier molecular flexibility index (Phi) is 4.31. The summed E-state index contributed by atoms with van der Waals surface area (Å²) in [7, 11) is 2.01. The largest absolute Gasteiger partial charge is 0.339 e. The standard InChI is InChI=1S/C18H20FN5O/c1-23-10-8-20-16(23)12-24-9-2-3-14(11-24)18-21-17(22-25-18)13-4-6-15(19)7-5-13/h4-8,10,14H,2-3,9,11-12H2,1H3/t14-/m1/s1. The predicted octanol–water partition coefficient (Wildman–Crippen LogP) is 2.99. The van der Waals surface area contributed by atoms with Crippen LogP contribution in [0.2, 0.25) is 0 Å². The summed E-state index contributed by atoms with van der Waals surface area (Å²) in [5.41, 5.74) is 0.761. The van der Waals surface area contributed by atoms with E-state index in [2.05, 4.69) is 20.0 Å². The first-order valence-corrected chi connectivity index (χ1v) is 8.47. The Morgan fingerprint density at radius 1 is 1.28 bits per heavy atom. The lowest BCUT2D eigenvalue weighted by Crippen LogP contribution is -2.34. The smallest absolute Gasteiger partial charge is 0.231 e. The molecule has 0 aliphatic carbocycles. The molecule has 0 radical (unpaired) electrons. The van der Waals surface area contributed by atoms with Crippen molar-refractivity contribution in [3.05, 3.63) is 54.2 Å². The summed E-state index contributed by atoms with van der Waals surface area (Å²) in [6.45, 7) is 2.74. The zero-order valence-electron chi connectivity index (χ0n) is 14.1. The summed E-state index contributed by atoms with van der Waals surface area (Å²) in [6, 6.07) is 6.14. The van der Waals surface area contributed by atoms with E-state index in [1.165, 1.54) is 12.1 Å². The van der Waals surface area contributed by atoms with Crippen molar-refractivity contribution in [2.24, 2.45) is 7.05 Å². The topological polar surface area (TPSA) is 60.0 Å². The van der Waals surface area contributed by atoms with Gasteiger partial charge in [-0.1, -0.05) is 5.16 Å². The molecule has 130 valence electrons. The number of aromatic nitrogens is 4. The van der Waals surface area contributed by atoms with Crippen LogP contribution in [0.15, 0.2) is 41.2 Å². The minimum atomic E-state index is -0.273. The number of hydrogen-bond acceptors (Lipinski definition) is 5. The van der Waals surface area contributed by atoms with Gasteiger partial charge in [-0.25, -0.2) is 9.37 Å². The van der Waals surface area contributed by atoms with Crippen LogP contribution in [0.25, 0.3) is 11.4 Å². The second kappa shape index (κ2) is 6.76. The van der Waals surface area contributed by atoms with Crippen molar-refractivity contribution in [3.8, 4) is 11.4 Å². The summed E-state index contributed by atoms with van der Waals surface area (Å²) in [5.74, 6) is 2.17. The SMILES string of the molecule is Cn1ccnc1CN1CCC[C@@H](c2nc(-c3ccc(F)cc3)no2)C1. The first-order chi connectivity index (χ1) is 12.2. The fourth-order valence-corrected chi connectivity index (χ4v) is 3.27. The molecule has 25 heavy (non-hydrogen) atoms. The maximum atomic E-state index is 13.0. The summed E-state index contributed by atoms with van der Waals surface area (Å²) in [4.78, 5) is 11.3. The maximum Gasteiger partial charge on any atom is 0.231 e. The van der Waals surface area contributed by atoms with E-state index in [0.717, 1.165) is 43.9 Å². The van der Waals surface area contributed by atoms with Gasteiger partial charge in [0.25, 0.3) is 0 Å². The molecule has 1 aliphatic rings. The van der Waals surface area contributed by atoms with E-state index >= 15 is 0 Å². The van der Waals surface area contributed by atoms with E-state index in [1.54, 1.807) is 12.1 Å². The Bertz CT molecular complexity index is 841. The molecule has 1 aromatic carbocycles. The van der Waals surface area contributed by atoms with Crippen LogP contribution in [0.3, 0.4) is 0 Å². The lowest BCUT2D eigenvalue weighted by atomic mass is 9.98. The number of rotatable bonds is 4. The fourth-order valence-electron chi connectivity index (χ4n) is 3.27. The zero-order chi connectivity index (χ0) is 17.2. The van der Waals surface area contributed by atoms with Crippen LogP contribution >= 0.6 is 0 Å². The average molecular weight is 341 g/mol. The van der Waals surface area contributed by atoms with Gasteiger partial charge in [-0.3, -0.25) is 4.90 Å². The third-order valence-electron chi connectivity index (χ3n) is 4.68. The summed E-state index contributed by atoms with van der Waals surface area (Å²) >= 11 is 0. The van der Waals surface area contributed by atoms with Crippen LogP contribution in [0, 0.1) is 5.82 Å². The molecule has 0 amide bonds. The summed E-state index contributed by atoms with van der Waals surface area (Å²) in [6.07, 6.45) is 5.90. The number of aryl methyl sites for hydroxylation is 1.